The number of nitrogens with zero attached hydrogens (tertiary/aromatic N) is 2. The predicted octanol–water partition coefficient (Wildman–Crippen LogP) is 1.39. The lowest BCUT2D eigenvalue weighted by atomic mass is 10.2. The molecule has 0 radical (unpaired) electrons. The first-order valence-electron chi connectivity index (χ1n) is 5.83. The zero-order valence-corrected chi connectivity index (χ0v) is 10.0. The largest absolute Gasteiger partial charge is 0.497 e. The molecule has 1 aromatic rings. The van der Waals surface area contributed by atoms with Gasteiger partial charge in [0.2, 0.25) is 0 Å². The molecule has 1 aliphatic rings. The number of nitriles is 1. The molecular weight excluding hydrogens is 214 g/mol. The summed E-state index contributed by atoms with van der Waals surface area (Å²) in [6.07, 6.45) is 1.08. The molecule has 0 aromatic heterocycles. The van der Waals surface area contributed by atoms with Crippen molar-refractivity contribution < 1.29 is 4.74 Å². The summed E-state index contributed by atoms with van der Waals surface area (Å²) in [6.45, 7) is 2.40. The summed E-state index contributed by atoms with van der Waals surface area (Å²) >= 11 is 0. The molecule has 1 fully saturated rings. The molecule has 90 valence electrons. The van der Waals surface area contributed by atoms with Gasteiger partial charge in [0.15, 0.2) is 0 Å². The van der Waals surface area contributed by atoms with Crippen molar-refractivity contribution in [3.05, 3.63) is 24.3 Å². The molecule has 1 atom stereocenters. The van der Waals surface area contributed by atoms with Gasteiger partial charge in [0.05, 0.1) is 19.7 Å². The summed E-state index contributed by atoms with van der Waals surface area (Å²) < 4.78 is 5.22. The van der Waals surface area contributed by atoms with E-state index >= 15 is 0 Å². The van der Waals surface area contributed by atoms with Crippen LogP contribution in [0.4, 0.5) is 5.69 Å². The second-order valence-electron chi connectivity index (χ2n) is 4.17. The standard InChI is InChI=1S/C13H17N3O/c1-17-13-4-2-3-12(9-13)16-8-5-11(10-16)15-7-6-14/h2-4,9,11,15H,5,7-8,10H2,1H3. The third-order valence-corrected chi connectivity index (χ3v) is 3.08. The average molecular weight is 231 g/mol. The van der Waals surface area contributed by atoms with Crippen LogP contribution in [0.2, 0.25) is 0 Å². The van der Waals surface area contributed by atoms with Crippen molar-refractivity contribution in [1.29, 1.82) is 5.26 Å². The summed E-state index contributed by atoms with van der Waals surface area (Å²) in [5.41, 5.74) is 1.19. The van der Waals surface area contributed by atoms with Crippen LogP contribution in [-0.4, -0.2) is 32.8 Å². The highest BCUT2D eigenvalue weighted by atomic mass is 16.5. The molecule has 1 unspecified atom stereocenters. The van der Waals surface area contributed by atoms with E-state index in [0.717, 1.165) is 25.3 Å². The molecular formula is C13H17N3O. The highest BCUT2D eigenvalue weighted by Gasteiger charge is 2.22. The molecule has 0 spiro atoms. The van der Waals surface area contributed by atoms with Gasteiger partial charge >= 0.3 is 0 Å². The van der Waals surface area contributed by atoms with Gasteiger partial charge in [0.25, 0.3) is 0 Å². The van der Waals surface area contributed by atoms with E-state index in [9.17, 15) is 0 Å². The summed E-state index contributed by atoms with van der Waals surface area (Å²) in [5, 5.41) is 11.8. The Hall–Kier alpha value is -1.73. The monoisotopic (exact) mass is 231 g/mol. The fourth-order valence-electron chi connectivity index (χ4n) is 2.16. The lowest BCUT2D eigenvalue weighted by Gasteiger charge is -2.19. The van der Waals surface area contributed by atoms with Crippen molar-refractivity contribution in [2.24, 2.45) is 0 Å². The minimum Gasteiger partial charge on any atom is -0.497 e. The highest BCUT2D eigenvalue weighted by molar-refractivity contribution is 5.51. The number of anilines is 1. The van der Waals surface area contributed by atoms with Crippen LogP contribution < -0.4 is 15.0 Å². The zero-order valence-electron chi connectivity index (χ0n) is 10.0. The maximum Gasteiger partial charge on any atom is 0.120 e. The SMILES string of the molecule is COc1cccc(N2CCC(NCC#N)C2)c1. The number of benzene rings is 1. The van der Waals surface area contributed by atoms with Crippen LogP contribution in [0.25, 0.3) is 0 Å². The Morgan fingerprint density at radius 2 is 2.47 bits per heavy atom. The number of hydrogen-bond acceptors (Lipinski definition) is 4. The Kier molecular flexibility index (Phi) is 3.84. The lowest BCUT2D eigenvalue weighted by molar-refractivity contribution is 0.415. The summed E-state index contributed by atoms with van der Waals surface area (Å²) in [7, 11) is 1.68. The predicted molar refractivity (Wildman–Crippen MR) is 67.2 cm³/mol. The van der Waals surface area contributed by atoms with Gasteiger partial charge in [-0.3, -0.25) is 5.32 Å². The van der Waals surface area contributed by atoms with E-state index in [-0.39, 0.29) is 0 Å². The normalized spacial score (nSPS) is 19.1. The lowest BCUT2D eigenvalue weighted by Crippen LogP contribution is -2.32. The van der Waals surface area contributed by atoms with Gasteiger partial charge < -0.3 is 9.64 Å². The molecule has 1 aromatic carbocycles. The van der Waals surface area contributed by atoms with E-state index in [1.54, 1.807) is 7.11 Å². The second kappa shape index (κ2) is 5.55. The first-order chi connectivity index (χ1) is 8.33. The van der Waals surface area contributed by atoms with Crippen LogP contribution in [0.3, 0.4) is 0 Å². The number of hydrogen-bond donors (Lipinski definition) is 1. The van der Waals surface area contributed by atoms with E-state index < -0.39 is 0 Å². The van der Waals surface area contributed by atoms with Crippen molar-refractivity contribution in [1.82, 2.24) is 5.32 Å². The number of nitrogens with one attached hydrogen (secondary N) is 1. The third-order valence-electron chi connectivity index (χ3n) is 3.08. The molecule has 1 heterocycles. The maximum absolute atomic E-state index is 8.54. The van der Waals surface area contributed by atoms with E-state index in [0.29, 0.717) is 12.6 Å². The Labute approximate surface area is 102 Å². The van der Waals surface area contributed by atoms with Gasteiger partial charge in [-0.1, -0.05) is 6.07 Å². The summed E-state index contributed by atoms with van der Waals surface area (Å²) in [4.78, 5) is 2.32. The van der Waals surface area contributed by atoms with Crippen LogP contribution >= 0.6 is 0 Å². The van der Waals surface area contributed by atoms with Gasteiger partial charge in [-0.25, -0.2) is 0 Å². The molecule has 1 N–H and O–H groups in total. The van der Waals surface area contributed by atoms with Crippen molar-refractivity contribution in [3.63, 3.8) is 0 Å². The van der Waals surface area contributed by atoms with Gasteiger partial charge in [0.1, 0.15) is 5.75 Å². The van der Waals surface area contributed by atoms with Gasteiger partial charge in [-0.15, -0.1) is 0 Å². The molecule has 4 heteroatoms. The smallest absolute Gasteiger partial charge is 0.120 e. The van der Waals surface area contributed by atoms with Gasteiger partial charge in [-0.05, 0) is 18.6 Å². The molecule has 0 bridgehead atoms. The minimum atomic E-state index is 0.417. The Morgan fingerprint density at radius 1 is 1.59 bits per heavy atom. The molecule has 4 nitrogen and oxygen atoms in total. The minimum absolute atomic E-state index is 0.417. The molecule has 1 aliphatic heterocycles. The van der Waals surface area contributed by atoms with E-state index in [2.05, 4.69) is 22.4 Å². The van der Waals surface area contributed by atoms with Crippen molar-refractivity contribution in [3.8, 4) is 11.8 Å². The molecule has 0 aliphatic carbocycles. The fourth-order valence-corrected chi connectivity index (χ4v) is 2.16. The van der Waals surface area contributed by atoms with Crippen LogP contribution in [-0.2, 0) is 0 Å². The number of ether oxygens (including phenoxy) is 1. The average Bonchev–Trinajstić information content (AvgIpc) is 2.85. The van der Waals surface area contributed by atoms with Crippen LogP contribution in [0.15, 0.2) is 24.3 Å². The summed E-state index contributed by atoms with van der Waals surface area (Å²) in [6, 6.07) is 10.6. The fraction of sp³-hybridized carbons (Fsp3) is 0.462. The van der Waals surface area contributed by atoms with E-state index in [1.807, 2.05) is 18.2 Å². The first kappa shape index (κ1) is 11.7. The highest BCUT2D eigenvalue weighted by Crippen LogP contribution is 2.24. The quantitative estimate of drug-likeness (QED) is 0.795. The van der Waals surface area contributed by atoms with E-state index in [4.69, 9.17) is 10.00 Å². The molecule has 17 heavy (non-hydrogen) atoms. The number of methoxy groups -OCH3 is 1. The van der Waals surface area contributed by atoms with Crippen molar-refractivity contribution in [2.75, 3.05) is 31.6 Å². The molecule has 0 amide bonds. The Morgan fingerprint density at radius 3 is 3.24 bits per heavy atom. The Balaban J connectivity index is 1.97. The molecule has 0 saturated carbocycles. The van der Waals surface area contributed by atoms with Crippen molar-refractivity contribution in [2.45, 2.75) is 12.5 Å². The summed E-state index contributed by atoms with van der Waals surface area (Å²) in [5.74, 6) is 0.885. The molecule has 2 rings (SSSR count). The van der Waals surface area contributed by atoms with Gasteiger partial charge in [0, 0.05) is 30.9 Å². The molecule has 1 saturated heterocycles. The first-order valence-corrected chi connectivity index (χ1v) is 5.83. The van der Waals surface area contributed by atoms with E-state index in [1.165, 1.54) is 5.69 Å². The maximum atomic E-state index is 8.54. The van der Waals surface area contributed by atoms with Crippen LogP contribution in [0, 0.1) is 11.3 Å². The second-order valence-corrected chi connectivity index (χ2v) is 4.17. The van der Waals surface area contributed by atoms with Crippen LogP contribution in [0.5, 0.6) is 5.75 Å². The topological polar surface area (TPSA) is 48.3 Å². The van der Waals surface area contributed by atoms with Crippen LogP contribution in [0.1, 0.15) is 6.42 Å². The third kappa shape index (κ3) is 2.89. The van der Waals surface area contributed by atoms with Gasteiger partial charge in [-0.2, -0.15) is 5.26 Å². The zero-order chi connectivity index (χ0) is 12.1. The Bertz CT molecular complexity index is 413. The van der Waals surface area contributed by atoms with Crippen molar-refractivity contribution >= 4 is 5.69 Å². The number of rotatable bonds is 4.